The average molecular weight is 286 g/mol. The first-order valence-electron chi connectivity index (χ1n) is 6.23. The number of aldehydes is 1. The minimum absolute atomic E-state index is 0.216. The highest BCUT2D eigenvalue weighted by Crippen LogP contribution is 2.27. The van der Waals surface area contributed by atoms with Crippen LogP contribution in [0.15, 0.2) is 42.5 Å². The summed E-state index contributed by atoms with van der Waals surface area (Å²) in [5.74, 6) is -0.103. The second kappa shape index (κ2) is 6.56. The van der Waals surface area contributed by atoms with E-state index in [0.717, 1.165) is 5.56 Å². The van der Waals surface area contributed by atoms with Crippen molar-refractivity contribution < 1.29 is 24.2 Å². The van der Waals surface area contributed by atoms with Crippen molar-refractivity contribution in [2.24, 2.45) is 0 Å². The number of methoxy groups -OCH3 is 1. The Morgan fingerprint density at radius 1 is 1.14 bits per heavy atom. The largest absolute Gasteiger partial charge is 0.496 e. The van der Waals surface area contributed by atoms with Crippen LogP contribution in [0, 0.1) is 0 Å². The molecule has 0 radical (unpaired) electrons. The summed E-state index contributed by atoms with van der Waals surface area (Å²) in [6, 6.07) is 11.4. The van der Waals surface area contributed by atoms with E-state index in [2.05, 4.69) is 0 Å². The van der Waals surface area contributed by atoms with Crippen LogP contribution in [0.3, 0.4) is 0 Å². The van der Waals surface area contributed by atoms with E-state index in [0.29, 0.717) is 23.3 Å². The first-order chi connectivity index (χ1) is 10.2. The van der Waals surface area contributed by atoms with E-state index in [-0.39, 0.29) is 12.2 Å². The Bertz CT molecular complexity index is 646. The van der Waals surface area contributed by atoms with E-state index in [1.54, 1.807) is 30.3 Å². The Balaban J connectivity index is 2.12. The summed E-state index contributed by atoms with van der Waals surface area (Å²) in [5, 5.41) is 8.83. The molecule has 5 nitrogen and oxygen atoms in total. The Labute approximate surface area is 121 Å². The highest BCUT2D eigenvalue weighted by molar-refractivity contribution is 5.87. The monoisotopic (exact) mass is 286 g/mol. The van der Waals surface area contributed by atoms with Crippen molar-refractivity contribution >= 4 is 12.3 Å². The zero-order chi connectivity index (χ0) is 15.2. The maximum absolute atomic E-state index is 11.1. The predicted molar refractivity (Wildman–Crippen MR) is 76.1 cm³/mol. The summed E-state index contributed by atoms with van der Waals surface area (Å²) in [5.41, 5.74) is 1.37. The molecule has 0 aromatic heterocycles. The number of aromatic carboxylic acids is 1. The Morgan fingerprint density at radius 3 is 2.38 bits per heavy atom. The zero-order valence-electron chi connectivity index (χ0n) is 11.4. The first-order valence-corrected chi connectivity index (χ1v) is 6.23. The van der Waals surface area contributed by atoms with Gasteiger partial charge in [0, 0.05) is 0 Å². The van der Waals surface area contributed by atoms with Crippen molar-refractivity contribution in [1.29, 1.82) is 0 Å². The molecule has 0 heterocycles. The highest BCUT2D eigenvalue weighted by Gasteiger charge is 2.09. The number of carboxylic acid groups (broad SMARTS) is 1. The molecule has 0 unspecified atom stereocenters. The maximum Gasteiger partial charge on any atom is 0.335 e. The van der Waals surface area contributed by atoms with Gasteiger partial charge >= 0.3 is 5.97 Å². The molecular weight excluding hydrogens is 272 g/mol. The van der Waals surface area contributed by atoms with Crippen LogP contribution >= 0.6 is 0 Å². The van der Waals surface area contributed by atoms with Crippen molar-refractivity contribution in [3.63, 3.8) is 0 Å². The van der Waals surface area contributed by atoms with Crippen LogP contribution in [0.25, 0.3) is 0 Å². The lowest BCUT2D eigenvalue weighted by Crippen LogP contribution is -2.01. The first kappa shape index (κ1) is 14.6. The molecule has 108 valence electrons. The summed E-state index contributed by atoms with van der Waals surface area (Å²) in [4.78, 5) is 21.9. The lowest BCUT2D eigenvalue weighted by Gasteiger charge is -2.11. The van der Waals surface area contributed by atoms with Crippen LogP contribution in [0.4, 0.5) is 0 Å². The Hall–Kier alpha value is -2.82. The van der Waals surface area contributed by atoms with Crippen LogP contribution in [-0.4, -0.2) is 24.5 Å². The van der Waals surface area contributed by atoms with Gasteiger partial charge in [-0.05, 0) is 29.8 Å². The van der Waals surface area contributed by atoms with Crippen molar-refractivity contribution in [3.05, 3.63) is 59.2 Å². The molecule has 0 atom stereocenters. The van der Waals surface area contributed by atoms with Gasteiger partial charge in [0.2, 0.25) is 0 Å². The fourth-order valence-corrected chi connectivity index (χ4v) is 1.85. The molecule has 0 spiro atoms. The number of carboxylic acids is 1. The number of hydrogen-bond acceptors (Lipinski definition) is 4. The third kappa shape index (κ3) is 3.39. The predicted octanol–water partition coefficient (Wildman–Crippen LogP) is 2.78. The summed E-state index contributed by atoms with van der Waals surface area (Å²) >= 11 is 0. The van der Waals surface area contributed by atoms with Gasteiger partial charge in [-0.2, -0.15) is 0 Å². The molecular formula is C16H14O5. The molecule has 0 saturated carbocycles. The number of ether oxygens (including phenoxy) is 2. The third-order valence-electron chi connectivity index (χ3n) is 2.96. The minimum atomic E-state index is -0.974. The lowest BCUT2D eigenvalue weighted by atomic mass is 10.1. The molecule has 0 aliphatic heterocycles. The summed E-state index contributed by atoms with van der Waals surface area (Å²) in [6.45, 7) is 0.230. The summed E-state index contributed by atoms with van der Waals surface area (Å²) < 4.78 is 10.7. The number of hydrogen-bond donors (Lipinski definition) is 1. The number of benzene rings is 2. The van der Waals surface area contributed by atoms with E-state index in [1.165, 1.54) is 19.2 Å². The number of carbonyl (C=O) groups excluding carboxylic acids is 1. The molecule has 21 heavy (non-hydrogen) atoms. The fourth-order valence-electron chi connectivity index (χ4n) is 1.85. The van der Waals surface area contributed by atoms with E-state index >= 15 is 0 Å². The van der Waals surface area contributed by atoms with Crippen LogP contribution in [0.5, 0.6) is 11.5 Å². The minimum Gasteiger partial charge on any atom is -0.496 e. The van der Waals surface area contributed by atoms with Crippen molar-refractivity contribution in [2.45, 2.75) is 6.61 Å². The molecule has 5 heteroatoms. The van der Waals surface area contributed by atoms with Crippen LogP contribution in [0.2, 0.25) is 0 Å². The van der Waals surface area contributed by atoms with Crippen molar-refractivity contribution in [1.82, 2.24) is 0 Å². The smallest absolute Gasteiger partial charge is 0.335 e. The maximum atomic E-state index is 11.1. The SMILES string of the molecule is COc1cccc(OCc2ccc(C(=O)O)cc2)c1C=O. The topological polar surface area (TPSA) is 72.8 Å². The molecule has 0 fully saturated rings. The van der Waals surface area contributed by atoms with E-state index in [4.69, 9.17) is 14.6 Å². The van der Waals surface area contributed by atoms with Gasteiger partial charge in [-0.15, -0.1) is 0 Å². The van der Waals surface area contributed by atoms with E-state index < -0.39 is 5.97 Å². The van der Waals surface area contributed by atoms with Crippen LogP contribution in [-0.2, 0) is 6.61 Å². The molecule has 2 aromatic carbocycles. The molecule has 0 amide bonds. The second-order valence-electron chi connectivity index (χ2n) is 4.28. The number of rotatable bonds is 6. The molecule has 2 rings (SSSR count). The van der Waals surface area contributed by atoms with Gasteiger partial charge in [0.25, 0.3) is 0 Å². The van der Waals surface area contributed by atoms with Crippen molar-refractivity contribution in [3.8, 4) is 11.5 Å². The Kier molecular flexibility index (Phi) is 4.56. The molecule has 0 saturated heterocycles. The van der Waals surface area contributed by atoms with Gasteiger partial charge in [-0.25, -0.2) is 4.79 Å². The quantitative estimate of drug-likeness (QED) is 0.827. The highest BCUT2D eigenvalue weighted by atomic mass is 16.5. The number of carbonyl (C=O) groups is 2. The second-order valence-corrected chi connectivity index (χ2v) is 4.28. The molecule has 0 aliphatic carbocycles. The van der Waals surface area contributed by atoms with Gasteiger partial charge in [0.05, 0.1) is 18.2 Å². The van der Waals surface area contributed by atoms with Gasteiger partial charge < -0.3 is 14.6 Å². The van der Waals surface area contributed by atoms with Crippen molar-refractivity contribution in [2.75, 3.05) is 7.11 Å². The average Bonchev–Trinajstić information content (AvgIpc) is 2.52. The fraction of sp³-hybridized carbons (Fsp3) is 0.125. The molecule has 0 bridgehead atoms. The molecule has 2 aromatic rings. The van der Waals surface area contributed by atoms with Crippen LogP contribution < -0.4 is 9.47 Å². The van der Waals surface area contributed by atoms with Gasteiger partial charge in [-0.3, -0.25) is 4.79 Å². The normalized spacial score (nSPS) is 9.95. The lowest BCUT2D eigenvalue weighted by molar-refractivity contribution is 0.0696. The van der Waals surface area contributed by atoms with E-state index in [1.807, 2.05) is 0 Å². The third-order valence-corrected chi connectivity index (χ3v) is 2.96. The van der Waals surface area contributed by atoms with E-state index in [9.17, 15) is 9.59 Å². The molecule has 1 N–H and O–H groups in total. The molecule has 0 aliphatic rings. The van der Waals surface area contributed by atoms with Gasteiger partial charge in [0.1, 0.15) is 18.1 Å². The van der Waals surface area contributed by atoms with Gasteiger partial charge in [-0.1, -0.05) is 18.2 Å². The Morgan fingerprint density at radius 2 is 1.81 bits per heavy atom. The summed E-state index contributed by atoms with van der Waals surface area (Å²) in [6.07, 6.45) is 0.682. The van der Waals surface area contributed by atoms with Gasteiger partial charge in [0.15, 0.2) is 6.29 Å². The standard InChI is InChI=1S/C16H14O5/c1-20-14-3-2-4-15(13(14)9-17)21-10-11-5-7-12(8-6-11)16(18)19/h2-9H,10H2,1H3,(H,18,19). The summed E-state index contributed by atoms with van der Waals surface area (Å²) in [7, 11) is 1.48. The zero-order valence-corrected chi connectivity index (χ0v) is 11.4. The van der Waals surface area contributed by atoms with Crippen LogP contribution in [0.1, 0.15) is 26.3 Å².